The minimum atomic E-state index is -0.748. The number of ether oxygens (including phenoxy) is 1. The van der Waals surface area contributed by atoms with Crippen LogP contribution in [0.3, 0.4) is 0 Å². The maximum atomic E-state index is 11.4. The summed E-state index contributed by atoms with van der Waals surface area (Å²) in [4.78, 5) is 31.2. The number of hydrogen-bond acceptors (Lipinski definition) is 5. The zero-order valence-electron chi connectivity index (χ0n) is 11.1. The summed E-state index contributed by atoms with van der Waals surface area (Å²) >= 11 is 0. The number of pyridine rings is 1. The molecule has 19 heavy (non-hydrogen) atoms. The van der Waals surface area contributed by atoms with Crippen molar-refractivity contribution in [2.45, 2.75) is 26.4 Å². The molecule has 0 unspecified atom stereocenters. The molecule has 0 spiro atoms. The summed E-state index contributed by atoms with van der Waals surface area (Å²) in [7, 11) is 0. The molecule has 0 aliphatic carbocycles. The molecule has 7 heteroatoms. The molecule has 1 rings (SSSR count). The SMILES string of the molecule is CC(C)(C)OC(=O)NOCC(=O)Nc1cccnc1. The van der Waals surface area contributed by atoms with Gasteiger partial charge < -0.3 is 10.1 Å². The molecule has 1 aromatic rings. The molecule has 2 amide bonds. The van der Waals surface area contributed by atoms with E-state index in [0.29, 0.717) is 5.69 Å². The van der Waals surface area contributed by atoms with Gasteiger partial charge in [-0.2, -0.15) is 5.48 Å². The van der Waals surface area contributed by atoms with Crippen LogP contribution in [-0.4, -0.2) is 29.2 Å². The van der Waals surface area contributed by atoms with E-state index in [9.17, 15) is 9.59 Å². The van der Waals surface area contributed by atoms with Gasteiger partial charge in [0.2, 0.25) is 0 Å². The van der Waals surface area contributed by atoms with Crippen molar-refractivity contribution in [3.63, 3.8) is 0 Å². The third-order valence-electron chi connectivity index (χ3n) is 1.70. The van der Waals surface area contributed by atoms with Crippen LogP contribution in [0.5, 0.6) is 0 Å². The van der Waals surface area contributed by atoms with Crippen LogP contribution in [0.25, 0.3) is 0 Å². The van der Waals surface area contributed by atoms with Crippen LogP contribution in [0.4, 0.5) is 10.5 Å². The van der Waals surface area contributed by atoms with Gasteiger partial charge in [0.15, 0.2) is 6.61 Å². The third kappa shape index (κ3) is 6.99. The monoisotopic (exact) mass is 267 g/mol. The van der Waals surface area contributed by atoms with Gasteiger partial charge in [0.05, 0.1) is 11.9 Å². The highest BCUT2D eigenvalue weighted by atomic mass is 16.7. The Morgan fingerprint density at radius 1 is 1.37 bits per heavy atom. The molecule has 0 fully saturated rings. The van der Waals surface area contributed by atoms with Gasteiger partial charge in [0.1, 0.15) is 5.60 Å². The molecule has 104 valence electrons. The molecule has 1 heterocycles. The Balaban J connectivity index is 2.23. The van der Waals surface area contributed by atoms with E-state index in [1.54, 1.807) is 39.1 Å². The number of anilines is 1. The average Bonchev–Trinajstić information content (AvgIpc) is 2.27. The van der Waals surface area contributed by atoms with Crippen molar-refractivity contribution in [2.75, 3.05) is 11.9 Å². The van der Waals surface area contributed by atoms with Crippen LogP contribution in [0, 0.1) is 0 Å². The normalized spacial score (nSPS) is 10.7. The Morgan fingerprint density at radius 3 is 2.68 bits per heavy atom. The lowest BCUT2D eigenvalue weighted by Crippen LogP contribution is -2.34. The van der Waals surface area contributed by atoms with E-state index in [4.69, 9.17) is 9.57 Å². The van der Waals surface area contributed by atoms with Gasteiger partial charge in [-0.05, 0) is 32.9 Å². The van der Waals surface area contributed by atoms with Crippen molar-refractivity contribution in [3.05, 3.63) is 24.5 Å². The van der Waals surface area contributed by atoms with Crippen LogP contribution in [-0.2, 0) is 14.4 Å². The lowest BCUT2D eigenvalue weighted by atomic mass is 10.2. The zero-order valence-corrected chi connectivity index (χ0v) is 11.1. The second kappa shape index (κ2) is 6.69. The van der Waals surface area contributed by atoms with E-state index in [1.807, 2.05) is 5.48 Å². The summed E-state index contributed by atoms with van der Waals surface area (Å²) in [5.41, 5.74) is 1.95. The van der Waals surface area contributed by atoms with Crippen LogP contribution in [0.15, 0.2) is 24.5 Å². The van der Waals surface area contributed by atoms with Gasteiger partial charge in [-0.3, -0.25) is 14.6 Å². The number of nitrogens with zero attached hydrogens (tertiary/aromatic N) is 1. The van der Waals surface area contributed by atoms with Gasteiger partial charge >= 0.3 is 6.09 Å². The van der Waals surface area contributed by atoms with Crippen LogP contribution in [0.1, 0.15) is 20.8 Å². The van der Waals surface area contributed by atoms with Gasteiger partial charge in [0.25, 0.3) is 5.91 Å². The first-order valence-electron chi connectivity index (χ1n) is 5.67. The summed E-state index contributed by atoms with van der Waals surface area (Å²) in [6.07, 6.45) is 2.34. The molecule has 0 aromatic carbocycles. The van der Waals surface area contributed by atoms with E-state index in [1.165, 1.54) is 6.20 Å². The Hall–Kier alpha value is -2.15. The fourth-order valence-electron chi connectivity index (χ4n) is 1.09. The number of hydrogen-bond donors (Lipinski definition) is 2. The second-order valence-electron chi connectivity index (χ2n) is 4.68. The molecule has 0 aliphatic heterocycles. The van der Waals surface area contributed by atoms with Gasteiger partial charge in [-0.1, -0.05) is 0 Å². The second-order valence-corrected chi connectivity index (χ2v) is 4.68. The topological polar surface area (TPSA) is 89.5 Å². The Labute approximate surface area is 111 Å². The fraction of sp³-hybridized carbons (Fsp3) is 0.417. The van der Waals surface area contributed by atoms with Crippen LogP contribution < -0.4 is 10.8 Å². The van der Waals surface area contributed by atoms with E-state index in [2.05, 4.69) is 10.3 Å². The first-order valence-corrected chi connectivity index (χ1v) is 5.67. The number of carbonyl (C=O) groups is 2. The quantitative estimate of drug-likeness (QED) is 0.806. The smallest absolute Gasteiger partial charge is 0.431 e. The van der Waals surface area contributed by atoms with E-state index in [0.717, 1.165) is 0 Å². The lowest BCUT2D eigenvalue weighted by Gasteiger charge is -2.19. The highest BCUT2D eigenvalue weighted by Crippen LogP contribution is 2.06. The maximum absolute atomic E-state index is 11.4. The number of hydroxylamine groups is 1. The fourth-order valence-corrected chi connectivity index (χ4v) is 1.09. The van der Waals surface area contributed by atoms with Crippen molar-refractivity contribution < 1.29 is 19.2 Å². The Kier molecular flexibility index (Phi) is 5.25. The highest BCUT2D eigenvalue weighted by Gasteiger charge is 2.16. The number of rotatable bonds is 4. The zero-order chi connectivity index (χ0) is 14.3. The molecule has 2 N–H and O–H groups in total. The minimum absolute atomic E-state index is 0.325. The molecule has 1 aromatic heterocycles. The first kappa shape index (κ1) is 14.9. The molecule has 0 bridgehead atoms. The molecular formula is C12H17N3O4. The van der Waals surface area contributed by atoms with Gasteiger partial charge in [0, 0.05) is 6.20 Å². The summed E-state index contributed by atoms with van der Waals surface area (Å²) in [6.45, 7) is 4.85. The molecule has 0 saturated carbocycles. The molecule has 7 nitrogen and oxygen atoms in total. The Bertz CT molecular complexity index is 428. The number of carbonyl (C=O) groups excluding carboxylic acids is 2. The van der Waals surface area contributed by atoms with Crippen molar-refractivity contribution in [1.82, 2.24) is 10.5 Å². The van der Waals surface area contributed by atoms with Crippen molar-refractivity contribution in [2.24, 2.45) is 0 Å². The summed E-state index contributed by atoms with van der Waals surface area (Å²) in [5.74, 6) is -0.413. The standard InChI is InChI=1S/C12H17N3O4/c1-12(2,3)19-11(17)15-18-8-10(16)14-9-5-4-6-13-7-9/h4-7H,8H2,1-3H3,(H,14,16)(H,15,17). The van der Waals surface area contributed by atoms with Gasteiger partial charge in [-0.15, -0.1) is 0 Å². The third-order valence-corrected chi connectivity index (χ3v) is 1.70. The lowest BCUT2D eigenvalue weighted by molar-refractivity contribution is -0.122. The van der Waals surface area contributed by atoms with Crippen molar-refractivity contribution in [1.29, 1.82) is 0 Å². The van der Waals surface area contributed by atoms with Crippen LogP contribution >= 0.6 is 0 Å². The summed E-state index contributed by atoms with van der Waals surface area (Å²) < 4.78 is 4.92. The molecular weight excluding hydrogens is 250 g/mol. The number of amides is 2. The van der Waals surface area contributed by atoms with Crippen molar-refractivity contribution in [3.8, 4) is 0 Å². The summed E-state index contributed by atoms with van der Waals surface area (Å²) in [6, 6.07) is 3.38. The largest absolute Gasteiger partial charge is 0.442 e. The molecule has 0 aliphatic rings. The van der Waals surface area contributed by atoms with E-state index < -0.39 is 17.6 Å². The highest BCUT2D eigenvalue weighted by molar-refractivity contribution is 5.91. The average molecular weight is 267 g/mol. The molecule has 0 saturated heterocycles. The minimum Gasteiger partial charge on any atom is -0.442 e. The Morgan fingerprint density at radius 2 is 2.11 bits per heavy atom. The molecule has 0 radical (unpaired) electrons. The van der Waals surface area contributed by atoms with Crippen molar-refractivity contribution >= 4 is 17.7 Å². The van der Waals surface area contributed by atoms with E-state index >= 15 is 0 Å². The maximum Gasteiger partial charge on any atom is 0.431 e. The predicted molar refractivity (Wildman–Crippen MR) is 68.2 cm³/mol. The molecule has 0 atom stereocenters. The first-order chi connectivity index (χ1) is 8.87. The van der Waals surface area contributed by atoms with E-state index in [-0.39, 0.29) is 6.61 Å². The number of nitrogens with one attached hydrogen (secondary N) is 2. The predicted octanol–water partition coefficient (Wildman–Crippen LogP) is 1.48. The van der Waals surface area contributed by atoms with Crippen LogP contribution in [0.2, 0.25) is 0 Å². The summed E-state index contributed by atoms with van der Waals surface area (Å²) in [5, 5.41) is 2.55. The number of aromatic nitrogens is 1. The van der Waals surface area contributed by atoms with Gasteiger partial charge in [-0.25, -0.2) is 4.79 Å².